The fourth-order valence-electron chi connectivity index (χ4n) is 2.16. The van der Waals surface area contributed by atoms with Crippen LogP contribution in [0.15, 0.2) is 23.1 Å². The number of pyridine rings is 1. The number of anilines is 1. The molecule has 1 unspecified atom stereocenters. The molecule has 94 valence electrons. The molecule has 2 aromatic heterocycles. The Morgan fingerprint density at radius 2 is 2.33 bits per heavy atom. The maximum absolute atomic E-state index is 11.2. The number of H-pyrrole nitrogens is 1. The average Bonchev–Trinajstić information content (AvgIpc) is 2.39. The largest absolute Gasteiger partial charge is 0.350 e. The van der Waals surface area contributed by atoms with E-state index in [9.17, 15) is 4.79 Å². The summed E-state index contributed by atoms with van der Waals surface area (Å²) in [5.41, 5.74) is 0.426. The SMILES string of the molecule is O=c1ccc2cnc(NC3CCCNC3)nc2[nH]1. The molecule has 0 saturated carbocycles. The molecule has 3 rings (SSSR count). The summed E-state index contributed by atoms with van der Waals surface area (Å²) in [5.74, 6) is 0.568. The number of nitrogens with zero attached hydrogens (tertiary/aromatic N) is 2. The molecule has 0 radical (unpaired) electrons. The van der Waals surface area contributed by atoms with E-state index in [1.807, 2.05) is 0 Å². The molecule has 0 bridgehead atoms. The highest BCUT2D eigenvalue weighted by Gasteiger charge is 2.13. The third-order valence-electron chi connectivity index (χ3n) is 3.10. The van der Waals surface area contributed by atoms with Gasteiger partial charge in [-0.1, -0.05) is 0 Å². The van der Waals surface area contributed by atoms with Crippen molar-refractivity contribution in [1.82, 2.24) is 20.3 Å². The molecule has 0 amide bonds. The predicted octanol–water partition coefficient (Wildman–Crippen LogP) is 0.482. The Morgan fingerprint density at radius 1 is 1.39 bits per heavy atom. The first-order chi connectivity index (χ1) is 8.81. The molecule has 0 spiro atoms. The standard InChI is InChI=1S/C12H15N5O/c18-10-4-3-8-6-14-12(17-11(8)16-10)15-9-2-1-5-13-7-9/h3-4,6,9,13H,1-2,5,7H2,(H2,14,15,16,17,18). The second-order valence-corrected chi connectivity index (χ2v) is 4.51. The lowest BCUT2D eigenvalue weighted by Crippen LogP contribution is -2.38. The van der Waals surface area contributed by atoms with Crippen LogP contribution in [0, 0.1) is 0 Å². The highest BCUT2D eigenvalue weighted by molar-refractivity contribution is 5.74. The zero-order valence-electron chi connectivity index (χ0n) is 9.94. The Balaban J connectivity index is 1.85. The topological polar surface area (TPSA) is 82.7 Å². The van der Waals surface area contributed by atoms with Crippen molar-refractivity contribution in [3.8, 4) is 0 Å². The van der Waals surface area contributed by atoms with Crippen molar-refractivity contribution < 1.29 is 0 Å². The molecule has 1 aliphatic heterocycles. The number of piperidine rings is 1. The third-order valence-corrected chi connectivity index (χ3v) is 3.10. The van der Waals surface area contributed by atoms with Gasteiger partial charge in [-0.05, 0) is 25.5 Å². The van der Waals surface area contributed by atoms with Gasteiger partial charge < -0.3 is 15.6 Å². The fraction of sp³-hybridized carbons (Fsp3) is 0.417. The van der Waals surface area contributed by atoms with Crippen LogP contribution in [0.2, 0.25) is 0 Å². The second-order valence-electron chi connectivity index (χ2n) is 4.51. The summed E-state index contributed by atoms with van der Waals surface area (Å²) in [5, 5.41) is 7.45. The second kappa shape index (κ2) is 4.73. The molecule has 0 aromatic carbocycles. The quantitative estimate of drug-likeness (QED) is 0.717. The molecule has 1 fully saturated rings. The molecule has 3 heterocycles. The van der Waals surface area contributed by atoms with Crippen molar-refractivity contribution in [3.05, 3.63) is 28.7 Å². The van der Waals surface area contributed by atoms with E-state index in [-0.39, 0.29) is 5.56 Å². The minimum atomic E-state index is -0.147. The summed E-state index contributed by atoms with van der Waals surface area (Å²) in [6.45, 7) is 2.00. The van der Waals surface area contributed by atoms with E-state index in [0.717, 1.165) is 31.3 Å². The summed E-state index contributed by atoms with van der Waals surface area (Å²) in [4.78, 5) is 22.5. The molecule has 2 aromatic rings. The predicted molar refractivity (Wildman–Crippen MR) is 69.7 cm³/mol. The van der Waals surface area contributed by atoms with Crippen molar-refractivity contribution in [2.75, 3.05) is 18.4 Å². The lowest BCUT2D eigenvalue weighted by atomic mass is 10.1. The Hall–Kier alpha value is -1.95. The number of aromatic nitrogens is 3. The maximum Gasteiger partial charge on any atom is 0.249 e. The molecule has 6 heteroatoms. The van der Waals surface area contributed by atoms with Crippen LogP contribution < -0.4 is 16.2 Å². The minimum absolute atomic E-state index is 0.147. The smallest absolute Gasteiger partial charge is 0.249 e. The molecule has 18 heavy (non-hydrogen) atoms. The van der Waals surface area contributed by atoms with E-state index in [1.54, 1.807) is 12.3 Å². The number of fused-ring (bicyclic) bond motifs is 1. The van der Waals surface area contributed by atoms with Gasteiger partial charge in [-0.15, -0.1) is 0 Å². The zero-order valence-corrected chi connectivity index (χ0v) is 9.94. The van der Waals surface area contributed by atoms with Crippen molar-refractivity contribution in [2.24, 2.45) is 0 Å². The molecule has 1 atom stereocenters. The van der Waals surface area contributed by atoms with Gasteiger partial charge >= 0.3 is 0 Å². The molecule has 3 N–H and O–H groups in total. The maximum atomic E-state index is 11.2. The average molecular weight is 245 g/mol. The van der Waals surface area contributed by atoms with Crippen molar-refractivity contribution in [2.45, 2.75) is 18.9 Å². The minimum Gasteiger partial charge on any atom is -0.350 e. The Labute approximate surface area is 104 Å². The van der Waals surface area contributed by atoms with E-state index in [1.165, 1.54) is 6.07 Å². The molecule has 1 saturated heterocycles. The first-order valence-electron chi connectivity index (χ1n) is 6.14. The van der Waals surface area contributed by atoms with Crippen LogP contribution in [-0.4, -0.2) is 34.1 Å². The molecule has 1 aliphatic rings. The van der Waals surface area contributed by atoms with Crippen LogP contribution in [0.5, 0.6) is 0 Å². The Bertz CT molecular complexity index is 603. The highest BCUT2D eigenvalue weighted by atomic mass is 16.1. The summed E-state index contributed by atoms with van der Waals surface area (Å²) >= 11 is 0. The number of hydrogen-bond acceptors (Lipinski definition) is 5. The van der Waals surface area contributed by atoms with Crippen LogP contribution >= 0.6 is 0 Å². The van der Waals surface area contributed by atoms with Crippen LogP contribution in [0.3, 0.4) is 0 Å². The van der Waals surface area contributed by atoms with Crippen LogP contribution in [0.1, 0.15) is 12.8 Å². The van der Waals surface area contributed by atoms with Crippen molar-refractivity contribution >= 4 is 17.0 Å². The molecule has 6 nitrogen and oxygen atoms in total. The van der Waals surface area contributed by atoms with E-state index < -0.39 is 0 Å². The van der Waals surface area contributed by atoms with Crippen LogP contribution in [-0.2, 0) is 0 Å². The van der Waals surface area contributed by atoms with Crippen molar-refractivity contribution in [3.63, 3.8) is 0 Å². The van der Waals surface area contributed by atoms with Gasteiger partial charge in [0.15, 0.2) is 0 Å². The summed E-state index contributed by atoms with van der Waals surface area (Å²) in [7, 11) is 0. The number of aromatic amines is 1. The zero-order chi connectivity index (χ0) is 12.4. The number of nitrogens with one attached hydrogen (secondary N) is 3. The Morgan fingerprint density at radius 3 is 3.17 bits per heavy atom. The van der Waals surface area contributed by atoms with Gasteiger partial charge in [0.25, 0.3) is 0 Å². The number of rotatable bonds is 2. The van der Waals surface area contributed by atoms with Crippen LogP contribution in [0.4, 0.5) is 5.95 Å². The fourth-order valence-corrected chi connectivity index (χ4v) is 2.16. The van der Waals surface area contributed by atoms with E-state index in [2.05, 4.69) is 25.6 Å². The van der Waals surface area contributed by atoms with Gasteiger partial charge in [-0.3, -0.25) is 4.79 Å². The van der Waals surface area contributed by atoms with Gasteiger partial charge in [-0.2, -0.15) is 4.98 Å². The monoisotopic (exact) mass is 245 g/mol. The lowest BCUT2D eigenvalue weighted by Gasteiger charge is -2.23. The molecular formula is C12H15N5O. The molecule has 0 aliphatic carbocycles. The summed E-state index contributed by atoms with van der Waals surface area (Å²) in [6.07, 6.45) is 3.98. The first-order valence-corrected chi connectivity index (χ1v) is 6.14. The summed E-state index contributed by atoms with van der Waals surface area (Å²) < 4.78 is 0. The van der Waals surface area contributed by atoms with E-state index in [0.29, 0.717) is 17.6 Å². The van der Waals surface area contributed by atoms with Gasteiger partial charge in [0.2, 0.25) is 11.5 Å². The Kier molecular flexibility index (Phi) is 2.93. The van der Waals surface area contributed by atoms with Gasteiger partial charge in [0, 0.05) is 30.2 Å². The summed E-state index contributed by atoms with van der Waals surface area (Å²) in [6, 6.07) is 3.55. The van der Waals surface area contributed by atoms with Crippen LogP contribution in [0.25, 0.3) is 11.0 Å². The van der Waals surface area contributed by atoms with Gasteiger partial charge in [-0.25, -0.2) is 4.98 Å². The third kappa shape index (κ3) is 2.33. The highest BCUT2D eigenvalue weighted by Crippen LogP contribution is 2.11. The van der Waals surface area contributed by atoms with E-state index in [4.69, 9.17) is 0 Å². The number of hydrogen-bond donors (Lipinski definition) is 3. The van der Waals surface area contributed by atoms with Crippen molar-refractivity contribution in [1.29, 1.82) is 0 Å². The van der Waals surface area contributed by atoms with Gasteiger partial charge in [0.05, 0.1) is 0 Å². The van der Waals surface area contributed by atoms with Gasteiger partial charge in [0.1, 0.15) is 5.65 Å². The molecular weight excluding hydrogens is 230 g/mol. The van der Waals surface area contributed by atoms with E-state index >= 15 is 0 Å². The first kappa shape index (κ1) is 11.2. The lowest BCUT2D eigenvalue weighted by molar-refractivity contribution is 0.478. The normalized spacial score (nSPS) is 19.9.